The standard InChI is InChI=1S/C13H24F3N3O2/c1-17-12(19-6-4-13(14,15)16)18-5-2-7-20-9-11-3-8-21-10-11/h11H,2-10H2,1H3,(H2,17,18,19). The van der Waals surface area contributed by atoms with Gasteiger partial charge in [0, 0.05) is 39.3 Å². The molecular formula is C13H24F3N3O2. The molecule has 0 aromatic rings. The van der Waals surface area contributed by atoms with Crippen molar-refractivity contribution in [1.29, 1.82) is 0 Å². The molecule has 0 aliphatic carbocycles. The Morgan fingerprint density at radius 2 is 2.10 bits per heavy atom. The average molecular weight is 311 g/mol. The Hall–Kier alpha value is -1.02. The lowest BCUT2D eigenvalue weighted by molar-refractivity contribution is -0.132. The van der Waals surface area contributed by atoms with E-state index in [-0.39, 0.29) is 6.54 Å². The van der Waals surface area contributed by atoms with Gasteiger partial charge in [-0.3, -0.25) is 4.99 Å². The summed E-state index contributed by atoms with van der Waals surface area (Å²) in [6.45, 7) is 3.33. The lowest BCUT2D eigenvalue weighted by Gasteiger charge is -2.13. The highest BCUT2D eigenvalue weighted by atomic mass is 19.4. The smallest absolute Gasteiger partial charge is 0.381 e. The number of hydrogen-bond acceptors (Lipinski definition) is 3. The molecule has 1 atom stereocenters. The van der Waals surface area contributed by atoms with Gasteiger partial charge in [0.05, 0.1) is 19.6 Å². The Morgan fingerprint density at radius 1 is 1.33 bits per heavy atom. The summed E-state index contributed by atoms with van der Waals surface area (Å²) < 4.78 is 46.8. The molecule has 8 heteroatoms. The van der Waals surface area contributed by atoms with Crippen LogP contribution in [0.3, 0.4) is 0 Å². The maximum absolute atomic E-state index is 12.0. The monoisotopic (exact) mass is 311 g/mol. The van der Waals surface area contributed by atoms with Crippen LogP contribution in [0, 0.1) is 5.92 Å². The molecule has 2 N–H and O–H groups in total. The van der Waals surface area contributed by atoms with E-state index in [1.165, 1.54) is 7.05 Å². The van der Waals surface area contributed by atoms with Crippen LogP contribution < -0.4 is 10.6 Å². The number of hydrogen-bond donors (Lipinski definition) is 2. The third kappa shape index (κ3) is 9.52. The first kappa shape index (κ1) is 18.0. The van der Waals surface area contributed by atoms with E-state index < -0.39 is 12.6 Å². The molecule has 0 bridgehead atoms. The Morgan fingerprint density at radius 3 is 2.71 bits per heavy atom. The predicted molar refractivity (Wildman–Crippen MR) is 74.4 cm³/mol. The van der Waals surface area contributed by atoms with Crippen LogP contribution in [-0.4, -0.2) is 58.7 Å². The topological polar surface area (TPSA) is 54.9 Å². The molecule has 1 fully saturated rings. The van der Waals surface area contributed by atoms with Gasteiger partial charge in [-0.1, -0.05) is 0 Å². The zero-order valence-electron chi connectivity index (χ0n) is 12.3. The minimum Gasteiger partial charge on any atom is -0.381 e. The molecule has 1 rings (SSSR count). The highest BCUT2D eigenvalue weighted by molar-refractivity contribution is 5.79. The van der Waals surface area contributed by atoms with Crippen LogP contribution >= 0.6 is 0 Å². The highest BCUT2D eigenvalue weighted by Gasteiger charge is 2.26. The van der Waals surface area contributed by atoms with Crippen molar-refractivity contribution in [1.82, 2.24) is 10.6 Å². The van der Waals surface area contributed by atoms with E-state index in [1.807, 2.05) is 0 Å². The predicted octanol–water partition coefficient (Wildman–Crippen LogP) is 1.55. The molecule has 1 heterocycles. The molecule has 1 aliphatic heterocycles. The van der Waals surface area contributed by atoms with Gasteiger partial charge in [-0.25, -0.2) is 0 Å². The molecule has 1 unspecified atom stereocenters. The maximum atomic E-state index is 12.0. The fraction of sp³-hybridized carbons (Fsp3) is 0.923. The molecule has 0 amide bonds. The summed E-state index contributed by atoms with van der Waals surface area (Å²) in [5.74, 6) is 0.873. The zero-order chi connectivity index (χ0) is 15.6. The van der Waals surface area contributed by atoms with Crippen LogP contribution in [0.15, 0.2) is 4.99 Å². The van der Waals surface area contributed by atoms with Crippen molar-refractivity contribution in [3.05, 3.63) is 0 Å². The molecule has 1 aliphatic rings. The number of halogens is 3. The van der Waals surface area contributed by atoms with E-state index in [9.17, 15) is 13.2 Å². The van der Waals surface area contributed by atoms with Gasteiger partial charge in [-0.2, -0.15) is 13.2 Å². The number of nitrogens with zero attached hydrogens (tertiary/aromatic N) is 1. The summed E-state index contributed by atoms with van der Waals surface area (Å²) in [5.41, 5.74) is 0. The molecular weight excluding hydrogens is 287 g/mol. The molecule has 21 heavy (non-hydrogen) atoms. The quantitative estimate of drug-likeness (QED) is 0.406. The van der Waals surface area contributed by atoms with E-state index in [4.69, 9.17) is 9.47 Å². The van der Waals surface area contributed by atoms with E-state index in [0.29, 0.717) is 31.6 Å². The largest absolute Gasteiger partial charge is 0.390 e. The Kier molecular flexibility index (Phi) is 8.44. The second-order valence-corrected chi connectivity index (χ2v) is 4.95. The third-order valence-corrected chi connectivity index (χ3v) is 3.06. The maximum Gasteiger partial charge on any atom is 0.390 e. The van der Waals surface area contributed by atoms with Gasteiger partial charge in [-0.05, 0) is 12.8 Å². The first-order valence-electron chi connectivity index (χ1n) is 7.18. The zero-order valence-corrected chi connectivity index (χ0v) is 12.3. The Labute approximate surface area is 123 Å². The van der Waals surface area contributed by atoms with Crippen LogP contribution in [-0.2, 0) is 9.47 Å². The van der Waals surface area contributed by atoms with E-state index in [0.717, 1.165) is 26.1 Å². The molecule has 0 radical (unpaired) electrons. The fourth-order valence-corrected chi connectivity index (χ4v) is 1.89. The molecule has 0 aromatic carbocycles. The van der Waals surface area contributed by atoms with Gasteiger partial charge in [-0.15, -0.1) is 0 Å². The Bertz CT molecular complexity index is 306. The first-order chi connectivity index (χ1) is 10.0. The third-order valence-electron chi connectivity index (χ3n) is 3.06. The molecule has 0 spiro atoms. The van der Waals surface area contributed by atoms with Crippen LogP contribution in [0.2, 0.25) is 0 Å². The van der Waals surface area contributed by atoms with Crippen molar-refractivity contribution in [3.8, 4) is 0 Å². The van der Waals surface area contributed by atoms with Crippen LogP contribution in [0.4, 0.5) is 13.2 Å². The summed E-state index contributed by atoms with van der Waals surface area (Å²) in [4.78, 5) is 3.86. The summed E-state index contributed by atoms with van der Waals surface area (Å²) in [5, 5.41) is 5.57. The summed E-state index contributed by atoms with van der Waals surface area (Å²) in [6, 6.07) is 0. The number of aliphatic imine (C=N–C) groups is 1. The van der Waals surface area contributed by atoms with Gasteiger partial charge in [0.1, 0.15) is 0 Å². The fourth-order valence-electron chi connectivity index (χ4n) is 1.89. The van der Waals surface area contributed by atoms with Gasteiger partial charge >= 0.3 is 6.18 Å². The van der Waals surface area contributed by atoms with Gasteiger partial charge < -0.3 is 20.1 Å². The number of guanidine groups is 1. The number of ether oxygens (including phenoxy) is 2. The molecule has 0 aromatic heterocycles. The number of alkyl halides is 3. The van der Waals surface area contributed by atoms with Crippen LogP contribution in [0.5, 0.6) is 0 Å². The van der Waals surface area contributed by atoms with Crippen molar-refractivity contribution >= 4 is 5.96 Å². The lowest BCUT2D eigenvalue weighted by atomic mass is 10.1. The first-order valence-corrected chi connectivity index (χ1v) is 7.18. The molecule has 124 valence electrons. The normalized spacial score (nSPS) is 19.8. The van der Waals surface area contributed by atoms with Crippen molar-refractivity contribution in [3.63, 3.8) is 0 Å². The van der Waals surface area contributed by atoms with Gasteiger partial charge in [0.15, 0.2) is 5.96 Å². The summed E-state index contributed by atoms with van der Waals surface area (Å²) in [7, 11) is 1.53. The second-order valence-electron chi connectivity index (χ2n) is 4.95. The van der Waals surface area contributed by atoms with Crippen LogP contribution in [0.25, 0.3) is 0 Å². The Balaban J connectivity index is 1.96. The number of nitrogens with one attached hydrogen (secondary N) is 2. The summed E-state index contributed by atoms with van der Waals surface area (Å²) >= 11 is 0. The highest BCUT2D eigenvalue weighted by Crippen LogP contribution is 2.18. The van der Waals surface area contributed by atoms with Crippen molar-refractivity contribution in [2.45, 2.75) is 25.4 Å². The SMILES string of the molecule is CN=C(NCCCOCC1CCOC1)NCCC(F)(F)F. The average Bonchev–Trinajstić information content (AvgIpc) is 2.92. The van der Waals surface area contributed by atoms with Gasteiger partial charge in [0.2, 0.25) is 0 Å². The summed E-state index contributed by atoms with van der Waals surface area (Å²) in [6.07, 6.45) is -3.20. The van der Waals surface area contributed by atoms with E-state index >= 15 is 0 Å². The molecule has 0 saturated carbocycles. The lowest BCUT2D eigenvalue weighted by Crippen LogP contribution is -2.39. The second kappa shape index (κ2) is 9.83. The number of rotatable bonds is 8. The molecule has 5 nitrogen and oxygen atoms in total. The minimum atomic E-state index is -4.15. The minimum absolute atomic E-state index is 0.179. The van der Waals surface area contributed by atoms with Crippen molar-refractivity contribution in [2.75, 3.05) is 46.6 Å². The molecule has 1 saturated heterocycles. The van der Waals surface area contributed by atoms with Crippen LogP contribution in [0.1, 0.15) is 19.3 Å². The van der Waals surface area contributed by atoms with E-state index in [2.05, 4.69) is 15.6 Å². The van der Waals surface area contributed by atoms with Crippen molar-refractivity contribution in [2.24, 2.45) is 10.9 Å². The van der Waals surface area contributed by atoms with Gasteiger partial charge in [0.25, 0.3) is 0 Å². The van der Waals surface area contributed by atoms with Crippen molar-refractivity contribution < 1.29 is 22.6 Å². The van der Waals surface area contributed by atoms with E-state index in [1.54, 1.807) is 0 Å².